The van der Waals surface area contributed by atoms with Crippen LogP contribution in [0.4, 0.5) is 5.69 Å². The fraction of sp³-hybridized carbons (Fsp3) is 0.471. The van der Waals surface area contributed by atoms with Crippen LogP contribution in [-0.2, 0) is 23.9 Å². The third-order valence-corrected chi connectivity index (χ3v) is 2.85. The molecule has 0 aromatic heterocycles. The molecule has 24 heavy (non-hydrogen) atoms. The van der Waals surface area contributed by atoms with E-state index in [-0.39, 0.29) is 13.0 Å². The molecule has 0 aliphatic rings. The van der Waals surface area contributed by atoms with Crippen LogP contribution >= 0.6 is 0 Å². The third kappa shape index (κ3) is 7.73. The summed E-state index contributed by atoms with van der Waals surface area (Å²) in [6.07, 6.45) is -0.216. The molecule has 1 rings (SSSR count). The summed E-state index contributed by atoms with van der Waals surface area (Å²) in [7, 11) is 1.50. The largest absolute Gasteiger partial charge is 0.460 e. The summed E-state index contributed by atoms with van der Waals surface area (Å²) in [5, 5.41) is 5.49. The number of likely N-dealkylation sites (N-methyl/N-ethyl adjacent to an activating group) is 1. The highest BCUT2D eigenvalue weighted by atomic mass is 16.6. The molecule has 7 nitrogen and oxygen atoms in total. The molecule has 0 aliphatic heterocycles. The van der Waals surface area contributed by atoms with Gasteiger partial charge >= 0.3 is 17.9 Å². The predicted molar refractivity (Wildman–Crippen MR) is 89.3 cm³/mol. The maximum atomic E-state index is 12.0. The number of ether oxygens (including phenoxy) is 2. The van der Waals surface area contributed by atoms with Gasteiger partial charge in [0.15, 0.2) is 0 Å². The van der Waals surface area contributed by atoms with Crippen molar-refractivity contribution in [1.29, 1.82) is 0 Å². The second-order valence-corrected chi connectivity index (χ2v) is 6.14. The molecule has 0 bridgehead atoms. The lowest BCUT2D eigenvalue weighted by Crippen LogP contribution is -2.40. The maximum absolute atomic E-state index is 12.0. The Kier molecular flexibility index (Phi) is 7.38. The number of anilines is 1. The van der Waals surface area contributed by atoms with Crippen LogP contribution in [0.25, 0.3) is 0 Å². The summed E-state index contributed by atoms with van der Waals surface area (Å²) in [5.74, 6) is -2.09. The highest BCUT2D eigenvalue weighted by molar-refractivity contribution is 5.92. The number of nitrogens with one attached hydrogen (secondary N) is 2. The van der Waals surface area contributed by atoms with Crippen molar-refractivity contribution < 1.29 is 23.9 Å². The van der Waals surface area contributed by atoms with E-state index in [2.05, 4.69) is 10.6 Å². The van der Waals surface area contributed by atoms with E-state index in [1.165, 1.54) is 7.05 Å². The van der Waals surface area contributed by atoms with Gasteiger partial charge in [-0.1, -0.05) is 18.2 Å². The van der Waals surface area contributed by atoms with E-state index in [0.29, 0.717) is 0 Å². The van der Waals surface area contributed by atoms with Crippen molar-refractivity contribution in [2.75, 3.05) is 18.9 Å². The molecule has 7 heteroatoms. The fourth-order valence-corrected chi connectivity index (χ4v) is 1.80. The summed E-state index contributed by atoms with van der Waals surface area (Å²) in [6.45, 7) is 5.04. The average molecular weight is 336 g/mol. The van der Waals surface area contributed by atoms with Crippen molar-refractivity contribution in [2.24, 2.45) is 0 Å². The summed E-state index contributed by atoms with van der Waals surface area (Å²) >= 11 is 0. The standard InChI is InChI=1S/C17H24N2O5/c1-17(2,3)24-14(20)10-13(18-4)16(22)23-15(21)11-19-12-8-6-5-7-9-12/h5-9,13,18-19H,10-11H2,1-4H3/t13-/m0/s1. The Morgan fingerprint density at radius 2 is 1.71 bits per heavy atom. The van der Waals surface area contributed by atoms with E-state index in [1.807, 2.05) is 18.2 Å². The van der Waals surface area contributed by atoms with Crippen molar-refractivity contribution >= 4 is 23.6 Å². The molecule has 0 aliphatic carbocycles. The van der Waals surface area contributed by atoms with Crippen LogP contribution in [0.2, 0.25) is 0 Å². The molecule has 1 aromatic carbocycles. The zero-order valence-electron chi connectivity index (χ0n) is 14.4. The number of carbonyl (C=O) groups excluding carboxylic acids is 3. The molecule has 1 atom stereocenters. The Balaban J connectivity index is 2.45. The number of hydrogen-bond acceptors (Lipinski definition) is 7. The quantitative estimate of drug-likeness (QED) is 0.575. The number of hydrogen-bond donors (Lipinski definition) is 2. The monoisotopic (exact) mass is 336 g/mol. The van der Waals surface area contributed by atoms with Crippen LogP contribution in [0.5, 0.6) is 0 Å². The molecular formula is C17H24N2O5. The topological polar surface area (TPSA) is 93.7 Å². The summed E-state index contributed by atoms with van der Waals surface area (Å²) in [6, 6.07) is 8.11. The van der Waals surface area contributed by atoms with Gasteiger partial charge in [-0.25, -0.2) is 9.59 Å². The molecule has 0 saturated carbocycles. The van der Waals surface area contributed by atoms with Gasteiger partial charge in [0.1, 0.15) is 18.2 Å². The minimum atomic E-state index is -0.944. The van der Waals surface area contributed by atoms with Crippen LogP contribution in [0, 0.1) is 0 Å². The van der Waals surface area contributed by atoms with Crippen molar-refractivity contribution in [3.05, 3.63) is 30.3 Å². The van der Waals surface area contributed by atoms with Gasteiger partial charge in [-0.05, 0) is 40.0 Å². The number of carbonyl (C=O) groups is 3. The van der Waals surface area contributed by atoms with Crippen LogP contribution in [0.1, 0.15) is 27.2 Å². The van der Waals surface area contributed by atoms with E-state index >= 15 is 0 Å². The normalized spacial score (nSPS) is 12.2. The smallest absolute Gasteiger partial charge is 0.333 e. The van der Waals surface area contributed by atoms with Gasteiger partial charge in [0.05, 0.1) is 6.42 Å². The van der Waals surface area contributed by atoms with Gasteiger partial charge in [-0.15, -0.1) is 0 Å². The van der Waals surface area contributed by atoms with E-state index < -0.39 is 29.6 Å². The molecule has 0 amide bonds. The highest BCUT2D eigenvalue weighted by Crippen LogP contribution is 2.10. The van der Waals surface area contributed by atoms with Gasteiger partial charge in [-0.3, -0.25) is 4.79 Å². The molecule has 1 aromatic rings. The lowest BCUT2D eigenvalue weighted by atomic mass is 10.1. The number of rotatable bonds is 7. The van der Waals surface area contributed by atoms with Crippen molar-refractivity contribution in [3.8, 4) is 0 Å². The molecule has 2 N–H and O–H groups in total. The molecule has 0 radical (unpaired) electrons. The second kappa shape index (κ2) is 9.02. The minimum Gasteiger partial charge on any atom is -0.460 e. The molecule has 0 saturated heterocycles. The number of benzene rings is 1. The SMILES string of the molecule is CN[C@@H](CC(=O)OC(C)(C)C)C(=O)OC(=O)CNc1ccccc1. The highest BCUT2D eigenvalue weighted by Gasteiger charge is 2.26. The molecule has 0 fully saturated rings. The zero-order valence-corrected chi connectivity index (χ0v) is 14.4. The Bertz CT molecular complexity index is 566. The van der Waals surface area contributed by atoms with Crippen LogP contribution < -0.4 is 10.6 Å². The van der Waals surface area contributed by atoms with Gasteiger partial charge in [0, 0.05) is 5.69 Å². The first kappa shape index (κ1) is 19.6. The van der Waals surface area contributed by atoms with Gasteiger partial charge in [0.25, 0.3) is 0 Å². The third-order valence-electron chi connectivity index (χ3n) is 2.85. The average Bonchev–Trinajstić information content (AvgIpc) is 2.49. The summed E-state index contributed by atoms with van der Waals surface area (Å²) in [4.78, 5) is 35.4. The van der Waals surface area contributed by atoms with E-state index in [1.54, 1.807) is 32.9 Å². The van der Waals surface area contributed by atoms with Crippen molar-refractivity contribution in [3.63, 3.8) is 0 Å². The maximum Gasteiger partial charge on any atom is 0.333 e. The molecule has 132 valence electrons. The summed E-state index contributed by atoms with van der Waals surface area (Å²) in [5.41, 5.74) is 0.0927. The lowest BCUT2D eigenvalue weighted by molar-refractivity contribution is -0.165. The minimum absolute atomic E-state index is 0.154. The Morgan fingerprint density at radius 1 is 1.08 bits per heavy atom. The van der Waals surface area contributed by atoms with Crippen molar-refractivity contribution in [1.82, 2.24) is 5.32 Å². The Morgan fingerprint density at radius 3 is 2.25 bits per heavy atom. The first-order valence-corrected chi connectivity index (χ1v) is 7.64. The van der Waals surface area contributed by atoms with Crippen LogP contribution in [0.15, 0.2) is 30.3 Å². The molecule has 0 heterocycles. The lowest BCUT2D eigenvalue weighted by Gasteiger charge is -2.21. The zero-order chi connectivity index (χ0) is 18.2. The van der Waals surface area contributed by atoms with Crippen LogP contribution in [-0.4, -0.2) is 43.1 Å². The molecule has 0 unspecified atom stereocenters. The predicted octanol–water partition coefficient (Wildman–Crippen LogP) is 1.49. The first-order chi connectivity index (χ1) is 11.2. The van der Waals surface area contributed by atoms with Gasteiger partial charge in [0.2, 0.25) is 0 Å². The Labute approximate surface area is 141 Å². The van der Waals surface area contributed by atoms with Crippen LogP contribution in [0.3, 0.4) is 0 Å². The fourth-order valence-electron chi connectivity index (χ4n) is 1.80. The molecular weight excluding hydrogens is 312 g/mol. The Hall–Kier alpha value is -2.41. The van der Waals surface area contributed by atoms with Gasteiger partial charge in [-0.2, -0.15) is 0 Å². The summed E-state index contributed by atoms with van der Waals surface area (Å²) < 4.78 is 9.89. The molecule has 0 spiro atoms. The first-order valence-electron chi connectivity index (χ1n) is 7.64. The van der Waals surface area contributed by atoms with E-state index in [0.717, 1.165) is 5.69 Å². The number of para-hydroxylation sites is 1. The number of esters is 3. The second-order valence-electron chi connectivity index (χ2n) is 6.14. The van der Waals surface area contributed by atoms with E-state index in [9.17, 15) is 14.4 Å². The van der Waals surface area contributed by atoms with Gasteiger partial charge < -0.3 is 20.1 Å². The van der Waals surface area contributed by atoms with E-state index in [4.69, 9.17) is 9.47 Å². The van der Waals surface area contributed by atoms with Crippen molar-refractivity contribution in [2.45, 2.75) is 38.8 Å².